The Morgan fingerprint density at radius 2 is 2.40 bits per heavy atom. The average Bonchev–Trinajstić information content (AvgIpc) is 1.99. The monoisotopic (exact) mass is 146 g/mol. The molecule has 0 aromatic heterocycles. The lowest BCUT2D eigenvalue weighted by Gasteiger charge is -2.10. The standard InChI is InChI=1S/C6H14N2O2/c1-3-4-5(10-2)6(9)8-7/h5H,3-4,7H2,1-2H3,(H,8,9)/t5-/m1/s1. The van der Waals surface area contributed by atoms with Gasteiger partial charge < -0.3 is 4.74 Å². The van der Waals surface area contributed by atoms with Gasteiger partial charge in [-0.15, -0.1) is 0 Å². The van der Waals surface area contributed by atoms with Crippen LogP contribution in [0.2, 0.25) is 0 Å². The van der Waals surface area contributed by atoms with Crippen molar-refractivity contribution in [3.8, 4) is 0 Å². The topological polar surface area (TPSA) is 64.3 Å². The first-order valence-corrected chi connectivity index (χ1v) is 3.29. The van der Waals surface area contributed by atoms with Crippen molar-refractivity contribution in [2.24, 2.45) is 5.84 Å². The maximum absolute atomic E-state index is 10.8. The molecule has 0 aliphatic rings. The zero-order valence-electron chi connectivity index (χ0n) is 6.39. The van der Waals surface area contributed by atoms with Crippen LogP contribution in [0, 0.1) is 0 Å². The fraction of sp³-hybridized carbons (Fsp3) is 0.833. The molecule has 10 heavy (non-hydrogen) atoms. The molecule has 4 heteroatoms. The second kappa shape index (κ2) is 5.20. The molecule has 4 nitrogen and oxygen atoms in total. The summed E-state index contributed by atoms with van der Waals surface area (Å²) < 4.78 is 4.85. The van der Waals surface area contributed by atoms with Crippen molar-refractivity contribution in [1.29, 1.82) is 0 Å². The molecule has 0 aliphatic carbocycles. The highest BCUT2D eigenvalue weighted by Crippen LogP contribution is 1.99. The molecule has 0 bridgehead atoms. The normalized spacial score (nSPS) is 12.7. The van der Waals surface area contributed by atoms with E-state index in [-0.39, 0.29) is 5.91 Å². The van der Waals surface area contributed by atoms with Gasteiger partial charge in [0.05, 0.1) is 0 Å². The number of hydrogen-bond donors (Lipinski definition) is 2. The van der Waals surface area contributed by atoms with Crippen LogP contribution < -0.4 is 11.3 Å². The molecule has 0 heterocycles. The SMILES string of the molecule is CCC[C@@H](OC)C(=O)NN. The number of carbonyl (C=O) groups is 1. The van der Waals surface area contributed by atoms with Gasteiger partial charge in [-0.05, 0) is 6.42 Å². The summed E-state index contributed by atoms with van der Waals surface area (Å²) in [5.41, 5.74) is 2.04. The molecule has 0 fully saturated rings. The molecule has 0 saturated carbocycles. The number of hydrogen-bond acceptors (Lipinski definition) is 3. The largest absolute Gasteiger partial charge is 0.372 e. The third-order valence-corrected chi connectivity index (χ3v) is 1.27. The van der Waals surface area contributed by atoms with Crippen LogP contribution in [0.3, 0.4) is 0 Å². The zero-order valence-corrected chi connectivity index (χ0v) is 6.39. The van der Waals surface area contributed by atoms with E-state index in [0.717, 1.165) is 6.42 Å². The van der Waals surface area contributed by atoms with Crippen molar-refractivity contribution >= 4 is 5.91 Å². The van der Waals surface area contributed by atoms with E-state index < -0.39 is 6.10 Å². The molecule has 0 radical (unpaired) electrons. The molecular formula is C6H14N2O2. The molecular weight excluding hydrogens is 132 g/mol. The Morgan fingerprint density at radius 1 is 1.80 bits per heavy atom. The first-order chi connectivity index (χ1) is 4.76. The molecule has 0 aromatic carbocycles. The Hall–Kier alpha value is -0.610. The van der Waals surface area contributed by atoms with Crippen molar-refractivity contribution in [2.75, 3.05) is 7.11 Å². The van der Waals surface area contributed by atoms with Crippen molar-refractivity contribution in [2.45, 2.75) is 25.9 Å². The molecule has 1 atom stereocenters. The smallest absolute Gasteiger partial charge is 0.262 e. The van der Waals surface area contributed by atoms with Crippen molar-refractivity contribution < 1.29 is 9.53 Å². The molecule has 0 unspecified atom stereocenters. The van der Waals surface area contributed by atoms with Crippen LogP contribution in [-0.4, -0.2) is 19.1 Å². The zero-order chi connectivity index (χ0) is 7.98. The number of carbonyl (C=O) groups excluding carboxylic acids is 1. The lowest BCUT2D eigenvalue weighted by molar-refractivity contribution is -0.131. The van der Waals surface area contributed by atoms with Crippen LogP contribution in [0.25, 0.3) is 0 Å². The van der Waals surface area contributed by atoms with Gasteiger partial charge >= 0.3 is 0 Å². The van der Waals surface area contributed by atoms with Crippen LogP contribution in [0.1, 0.15) is 19.8 Å². The highest BCUT2D eigenvalue weighted by molar-refractivity contribution is 5.79. The summed E-state index contributed by atoms with van der Waals surface area (Å²) >= 11 is 0. The predicted molar refractivity (Wildman–Crippen MR) is 38.0 cm³/mol. The first kappa shape index (κ1) is 9.39. The molecule has 0 spiro atoms. The Morgan fingerprint density at radius 3 is 2.70 bits per heavy atom. The number of nitrogens with two attached hydrogens (primary N) is 1. The van der Waals surface area contributed by atoms with Gasteiger partial charge in [-0.3, -0.25) is 10.2 Å². The number of methoxy groups -OCH3 is 1. The summed E-state index contributed by atoms with van der Waals surface area (Å²) in [5, 5.41) is 0. The van der Waals surface area contributed by atoms with Gasteiger partial charge in [0.1, 0.15) is 6.10 Å². The van der Waals surface area contributed by atoms with E-state index >= 15 is 0 Å². The van der Waals surface area contributed by atoms with Crippen LogP contribution in [0.15, 0.2) is 0 Å². The van der Waals surface area contributed by atoms with Gasteiger partial charge in [0, 0.05) is 7.11 Å². The summed E-state index contributed by atoms with van der Waals surface area (Å²) in [6, 6.07) is 0. The van der Waals surface area contributed by atoms with Gasteiger partial charge in [-0.25, -0.2) is 5.84 Å². The number of rotatable bonds is 4. The van der Waals surface area contributed by atoms with Gasteiger partial charge in [0.2, 0.25) is 0 Å². The summed E-state index contributed by atoms with van der Waals surface area (Å²) in [5.74, 6) is 4.64. The second-order valence-electron chi connectivity index (χ2n) is 2.02. The molecule has 60 valence electrons. The number of hydrazine groups is 1. The minimum Gasteiger partial charge on any atom is -0.372 e. The van der Waals surface area contributed by atoms with E-state index in [4.69, 9.17) is 10.6 Å². The quantitative estimate of drug-likeness (QED) is 0.328. The van der Waals surface area contributed by atoms with E-state index in [2.05, 4.69) is 0 Å². The number of nitrogens with one attached hydrogen (secondary N) is 1. The van der Waals surface area contributed by atoms with Gasteiger partial charge in [0.25, 0.3) is 5.91 Å². The van der Waals surface area contributed by atoms with Crippen molar-refractivity contribution in [3.05, 3.63) is 0 Å². The molecule has 1 amide bonds. The number of ether oxygens (including phenoxy) is 1. The van der Waals surface area contributed by atoms with Crippen LogP contribution in [0.5, 0.6) is 0 Å². The first-order valence-electron chi connectivity index (χ1n) is 3.29. The highest BCUT2D eigenvalue weighted by atomic mass is 16.5. The molecule has 0 aliphatic heterocycles. The van der Waals surface area contributed by atoms with Gasteiger partial charge in [-0.1, -0.05) is 13.3 Å². The van der Waals surface area contributed by atoms with E-state index in [1.165, 1.54) is 7.11 Å². The van der Waals surface area contributed by atoms with Gasteiger partial charge in [0.15, 0.2) is 0 Å². The summed E-state index contributed by atoms with van der Waals surface area (Å²) in [6.45, 7) is 1.98. The minimum absolute atomic E-state index is 0.260. The van der Waals surface area contributed by atoms with Crippen molar-refractivity contribution in [3.63, 3.8) is 0 Å². The average molecular weight is 146 g/mol. The Bertz CT molecular complexity index is 106. The van der Waals surface area contributed by atoms with E-state index in [0.29, 0.717) is 6.42 Å². The van der Waals surface area contributed by atoms with Crippen LogP contribution in [0.4, 0.5) is 0 Å². The van der Waals surface area contributed by atoms with E-state index in [1.807, 2.05) is 12.3 Å². The van der Waals surface area contributed by atoms with Gasteiger partial charge in [-0.2, -0.15) is 0 Å². The maximum Gasteiger partial charge on any atom is 0.262 e. The second-order valence-corrected chi connectivity index (χ2v) is 2.02. The fourth-order valence-corrected chi connectivity index (χ4v) is 0.711. The Labute approximate surface area is 60.7 Å². The van der Waals surface area contributed by atoms with E-state index in [9.17, 15) is 4.79 Å². The molecule has 0 saturated heterocycles. The molecule has 0 rings (SSSR count). The Balaban J connectivity index is 3.68. The summed E-state index contributed by atoms with van der Waals surface area (Å²) in [7, 11) is 1.50. The Kier molecular flexibility index (Phi) is 4.88. The fourth-order valence-electron chi connectivity index (χ4n) is 0.711. The third-order valence-electron chi connectivity index (χ3n) is 1.27. The third kappa shape index (κ3) is 2.80. The molecule has 3 N–H and O–H groups in total. The number of amides is 1. The predicted octanol–water partition coefficient (Wildman–Crippen LogP) is -0.209. The highest BCUT2D eigenvalue weighted by Gasteiger charge is 2.13. The van der Waals surface area contributed by atoms with Crippen LogP contribution >= 0.6 is 0 Å². The van der Waals surface area contributed by atoms with Crippen molar-refractivity contribution in [1.82, 2.24) is 5.43 Å². The maximum atomic E-state index is 10.8. The molecule has 0 aromatic rings. The lowest BCUT2D eigenvalue weighted by atomic mass is 10.2. The summed E-state index contributed by atoms with van der Waals surface area (Å²) in [6.07, 6.45) is 1.22. The lowest BCUT2D eigenvalue weighted by Crippen LogP contribution is -2.39. The minimum atomic E-state index is -0.394. The summed E-state index contributed by atoms with van der Waals surface area (Å²) in [4.78, 5) is 10.8. The van der Waals surface area contributed by atoms with Crippen LogP contribution in [-0.2, 0) is 9.53 Å². The van der Waals surface area contributed by atoms with E-state index in [1.54, 1.807) is 0 Å².